The zero-order chi connectivity index (χ0) is 12.3. The summed E-state index contributed by atoms with van der Waals surface area (Å²) in [6, 6.07) is 3.94. The number of piperidine rings is 1. The van der Waals surface area contributed by atoms with Gasteiger partial charge in [-0.15, -0.1) is 11.3 Å². The van der Waals surface area contributed by atoms with Gasteiger partial charge in [0.1, 0.15) is 0 Å². The molecule has 4 heteroatoms. The van der Waals surface area contributed by atoms with Crippen LogP contribution in [0.1, 0.15) is 27.4 Å². The number of rotatable bonds is 4. The minimum absolute atomic E-state index is 0.249. The lowest BCUT2D eigenvalue weighted by atomic mass is 10.1. The van der Waals surface area contributed by atoms with Gasteiger partial charge in [-0.2, -0.15) is 0 Å². The standard InChI is InChI=1S/C13H19NO2S/c1-10-3-4-13(17-10)12(15)9-14-7-5-11(16-2)6-8-14/h3-4,11H,5-9H2,1-2H3. The van der Waals surface area contributed by atoms with Crippen molar-refractivity contribution >= 4 is 17.1 Å². The molecule has 1 aliphatic rings. The lowest BCUT2D eigenvalue weighted by molar-refractivity contribution is 0.0402. The van der Waals surface area contributed by atoms with E-state index in [0.29, 0.717) is 12.6 Å². The molecular weight excluding hydrogens is 234 g/mol. The minimum atomic E-state index is 0.249. The van der Waals surface area contributed by atoms with Crippen molar-refractivity contribution in [2.24, 2.45) is 0 Å². The molecule has 1 aromatic rings. The second-order valence-electron chi connectivity index (χ2n) is 4.54. The van der Waals surface area contributed by atoms with Crippen molar-refractivity contribution in [3.63, 3.8) is 0 Å². The number of Topliss-reactive ketones (excluding diaryl/α,β-unsaturated/α-hetero) is 1. The smallest absolute Gasteiger partial charge is 0.186 e. The summed E-state index contributed by atoms with van der Waals surface area (Å²) in [5, 5.41) is 0. The van der Waals surface area contributed by atoms with Crippen molar-refractivity contribution in [3.8, 4) is 0 Å². The molecule has 0 amide bonds. The third-order valence-electron chi connectivity index (χ3n) is 3.25. The van der Waals surface area contributed by atoms with Gasteiger partial charge in [-0.1, -0.05) is 0 Å². The molecule has 0 aliphatic carbocycles. The van der Waals surface area contributed by atoms with Gasteiger partial charge in [-0.3, -0.25) is 9.69 Å². The number of nitrogens with zero attached hydrogens (tertiary/aromatic N) is 1. The highest BCUT2D eigenvalue weighted by Gasteiger charge is 2.21. The average Bonchev–Trinajstić information content (AvgIpc) is 2.77. The van der Waals surface area contributed by atoms with Gasteiger partial charge >= 0.3 is 0 Å². The van der Waals surface area contributed by atoms with Crippen LogP contribution in [0.15, 0.2) is 12.1 Å². The highest BCUT2D eigenvalue weighted by Crippen LogP contribution is 2.18. The molecule has 1 aromatic heterocycles. The van der Waals surface area contributed by atoms with E-state index in [4.69, 9.17) is 4.74 Å². The normalized spacial score (nSPS) is 18.5. The molecule has 0 saturated carbocycles. The number of hydrogen-bond donors (Lipinski definition) is 0. The monoisotopic (exact) mass is 253 g/mol. The van der Waals surface area contributed by atoms with Crippen molar-refractivity contribution in [2.45, 2.75) is 25.9 Å². The Morgan fingerprint density at radius 2 is 2.18 bits per heavy atom. The third-order valence-corrected chi connectivity index (χ3v) is 4.29. The van der Waals surface area contributed by atoms with Crippen LogP contribution in [0.3, 0.4) is 0 Å². The number of thiophene rings is 1. The largest absolute Gasteiger partial charge is 0.381 e. The second-order valence-corrected chi connectivity index (χ2v) is 5.83. The molecule has 17 heavy (non-hydrogen) atoms. The van der Waals surface area contributed by atoms with Crippen molar-refractivity contribution in [1.29, 1.82) is 0 Å². The van der Waals surface area contributed by atoms with Gasteiger partial charge in [0.2, 0.25) is 0 Å². The zero-order valence-electron chi connectivity index (χ0n) is 10.4. The SMILES string of the molecule is COC1CCN(CC(=O)c2ccc(C)s2)CC1. The van der Waals surface area contributed by atoms with E-state index in [1.54, 1.807) is 18.4 Å². The van der Waals surface area contributed by atoms with Crippen molar-refractivity contribution in [3.05, 3.63) is 21.9 Å². The fourth-order valence-corrected chi connectivity index (χ4v) is 2.97. The molecule has 0 N–H and O–H groups in total. The maximum Gasteiger partial charge on any atom is 0.186 e. The summed E-state index contributed by atoms with van der Waals surface area (Å²) in [5.74, 6) is 0.249. The number of carbonyl (C=O) groups excluding carboxylic acids is 1. The van der Waals surface area contributed by atoms with Gasteiger partial charge in [0.05, 0.1) is 17.5 Å². The quantitative estimate of drug-likeness (QED) is 0.771. The number of ketones is 1. The van der Waals surface area contributed by atoms with Crippen LogP contribution < -0.4 is 0 Å². The molecule has 1 saturated heterocycles. The summed E-state index contributed by atoms with van der Waals surface area (Å²) < 4.78 is 5.32. The zero-order valence-corrected chi connectivity index (χ0v) is 11.3. The molecular formula is C13H19NO2S. The molecule has 1 aliphatic heterocycles. The maximum atomic E-state index is 12.0. The lowest BCUT2D eigenvalue weighted by Crippen LogP contribution is -2.39. The fourth-order valence-electron chi connectivity index (χ4n) is 2.17. The maximum absolute atomic E-state index is 12.0. The van der Waals surface area contributed by atoms with Crippen LogP contribution >= 0.6 is 11.3 Å². The molecule has 0 bridgehead atoms. The van der Waals surface area contributed by atoms with Crippen LogP contribution in [0.4, 0.5) is 0 Å². The van der Waals surface area contributed by atoms with E-state index in [0.717, 1.165) is 30.8 Å². The van der Waals surface area contributed by atoms with E-state index in [-0.39, 0.29) is 5.78 Å². The van der Waals surface area contributed by atoms with Crippen molar-refractivity contribution in [2.75, 3.05) is 26.7 Å². The molecule has 0 unspecified atom stereocenters. The summed E-state index contributed by atoms with van der Waals surface area (Å²) in [4.78, 5) is 16.3. The molecule has 0 radical (unpaired) electrons. The molecule has 0 aromatic carbocycles. The van der Waals surface area contributed by atoms with E-state index in [1.807, 2.05) is 19.1 Å². The van der Waals surface area contributed by atoms with Crippen LogP contribution in [-0.2, 0) is 4.74 Å². The Morgan fingerprint density at radius 3 is 2.71 bits per heavy atom. The van der Waals surface area contributed by atoms with E-state index < -0.39 is 0 Å². The van der Waals surface area contributed by atoms with E-state index in [1.165, 1.54) is 4.88 Å². The van der Waals surface area contributed by atoms with E-state index in [9.17, 15) is 4.79 Å². The number of hydrogen-bond acceptors (Lipinski definition) is 4. The summed E-state index contributed by atoms with van der Waals surface area (Å²) in [6.07, 6.45) is 2.45. The van der Waals surface area contributed by atoms with Crippen LogP contribution in [0.2, 0.25) is 0 Å². The first-order chi connectivity index (χ1) is 8.19. The number of ether oxygens (including phenoxy) is 1. The minimum Gasteiger partial charge on any atom is -0.381 e. The number of likely N-dealkylation sites (tertiary alicyclic amines) is 1. The first kappa shape index (κ1) is 12.7. The first-order valence-corrected chi connectivity index (χ1v) is 6.85. The van der Waals surface area contributed by atoms with E-state index >= 15 is 0 Å². The fraction of sp³-hybridized carbons (Fsp3) is 0.615. The Morgan fingerprint density at radius 1 is 1.47 bits per heavy atom. The van der Waals surface area contributed by atoms with Gasteiger partial charge < -0.3 is 4.74 Å². The molecule has 2 heterocycles. The van der Waals surface area contributed by atoms with Gasteiger partial charge in [-0.05, 0) is 31.9 Å². The van der Waals surface area contributed by atoms with Crippen LogP contribution in [0.25, 0.3) is 0 Å². The van der Waals surface area contributed by atoms with Gasteiger partial charge in [-0.25, -0.2) is 0 Å². The predicted octanol–water partition coefficient (Wildman–Crippen LogP) is 2.35. The molecule has 3 nitrogen and oxygen atoms in total. The van der Waals surface area contributed by atoms with Gasteiger partial charge in [0, 0.05) is 25.1 Å². The Hall–Kier alpha value is -0.710. The van der Waals surface area contributed by atoms with Crippen LogP contribution in [-0.4, -0.2) is 43.5 Å². The summed E-state index contributed by atoms with van der Waals surface area (Å²) in [6.45, 7) is 4.52. The molecule has 2 rings (SSSR count). The molecule has 0 spiro atoms. The Balaban J connectivity index is 1.84. The Kier molecular flexibility index (Phi) is 4.31. The predicted molar refractivity (Wildman–Crippen MR) is 69.9 cm³/mol. The van der Waals surface area contributed by atoms with Crippen LogP contribution in [0, 0.1) is 6.92 Å². The topological polar surface area (TPSA) is 29.5 Å². The lowest BCUT2D eigenvalue weighted by Gasteiger charge is -2.30. The average molecular weight is 253 g/mol. The van der Waals surface area contributed by atoms with Gasteiger partial charge in [0.15, 0.2) is 5.78 Å². The van der Waals surface area contributed by atoms with Crippen molar-refractivity contribution < 1.29 is 9.53 Å². The molecule has 1 fully saturated rings. The Labute approximate surface area is 106 Å². The number of aryl methyl sites for hydroxylation is 1. The summed E-state index contributed by atoms with van der Waals surface area (Å²) in [7, 11) is 1.76. The van der Waals surface area contributed by atoms with Gasteiger partial charge in [0.25, 0.3) is 0 Å². The highest BCUT2D eigenvalue weighted by molar-refractivity contribution is 7.14. The number of methoxy groups -OCH3 is 1. The highest BCUT2D eigenvalue weighted by atomic mass is 32.1. The first-order valence-electron chi connectivity index (χ1n) is 6.04. The summed E-state index contributed by atoms with van der Waals surface area (Å²) in [5.41, 5.74) is 0. The second kappa shape index (κ2) is 5.76. The van der Waals surface area contributed by atoms with E-state index in [2.05, 4.69) is 4.90 Å². The molecule has 94 valence electrons. The van der Waals surface area contributed by atoms with Crippen molar-refractivity contribution in [1.82, 2.24) is 4.90 Å². The molecule has 0 atom stereocenters. The Bertz CT molecular complexity index is 381. The summed E-state index contributed by atoms with van der Waals surface area (Å²) >= 11 is 1.59. The number of carbonyl (C=O) groups is 1. The third kappa shape index (κ3) is 3.37. The van der Waals surface area contributed by atoms with Crippen LogP contribution in [0.5, 0.6) is 0 Å².